The van der Waals surface area contributed by atoms with Gasteiger partial charge in [0.05, 0.1) is 16.1 Å². The fraction of sp³-hybridized carbons (Fsp3) is 0.250. The molecule has 1 fully saturated rings. The molecule has 86 valence electrons. The summed E-state index contributed by atoms with van der Waals surface area (Å²) in [5, 5.41) is 11.0. The molecule has 17 heavy (non-hydrogen) atoms. The smallest absolute Gasteiger partial charge is 0.339 e. The van der Waals surface area contributed by atoms with Gasteiger partial charge < -0.3 is 5.11 Å². The Hall–Kier alpha value is -1.75. The minimum atomic E-state index is -0.940. The molecule has 0 aliphatic heterocycles. The molecule has 0 aromatic carbocycles. The maximum atomic E-state index is 11.1. The van der Waals surface area contributed by atoms with Crippen LogP contribution in [-0.4, -0.2) is 21.0 Å². The highest BCUT2D eigenvalue weighted by Gasteiger charge is 2.30. The van der Waals surface area contributed by atoms with Crippen LogP contribution < -0.4 is 0 Å². The molecule has 1 aliphatic rings. The van der Waals surface area contributed by atoms with Gasteiger partial charge in [-0.15, -0.1) is 11.3 Å². The third kappa shape index (κ3) is 1.93. The second-order valence-corrected chi connectivity index (χ2v) is 5.00. The van der Waals surface area contributed by atoms with Gasteiger partial charge in [-0.1, -0.05) is 6.07 Å². The lowest BCUT2D eigenvalue weighted by Gasteiger charge is -2.04. The quantitative estimate of drug-likeness (QED) is 0.904. The van der Waals surface area contributed by atoms with Crippen LogP contribution in [0.2, 0.25) is 0 Å². The fourth-order valence-corrected chi connectivity index (χ4v) is 2.42. The van der Waals surface area contributed by atoms with Gasteiger partial charge in [0, 0.05) is 12.1 Å². The molecule has 0 spiro atoms. The fourth-order valence-electron chi connectivity index (χ4n) is 1.75. The average molecular weight is 246 g/mol. The van der Waals surface area contributed by atoms with Crippen molar-refractivity contribution in [2.45, 2.75) is 18.8 Å². The molecular weight excluding hydrogens is 236 g/mol. The van der Waals surface area contributed by atoms with Crippen molar-refractivity contribution in [2.75, 3.05) is 0 Å². The maximum absolute atomic E-state index is 11.1. The molecule has 0 unspecified atom stereocenters. The maximum Gasteiger partial charge on any atom is 0.339 e. The summed E-state index contributed by atoms with van der Waals surface area (Å²) in [6, 6.07) is 3.88. The third-order valence-electron chi connectivity index (χ3n) is 2.75. The Balaban J connectivity index is 2.09. The van der Waals surface area contributed by atoms with Crippen LogP contribution in [0.1, 0.15) is 34.8 Å². The van der Waals surface area contributed by atoms with Gasteiger partial charge in [0.1, 0.15) is 0 Å². The third-order valence-corrected chi connectivity index (χ3v) is 3.62. The molecule has 5 heteroatoms. The number of thiophene rings is 1. The summed E-state index contributed by atoms with van der Waals surface area (Å²) in [7, 11) is 0. The zero-order valence-electron chi connectivity index (χ0n) is 8.96. The van der Waals surface area contributed by atoms with E-state index in [2.05, 4.69) is 9.97 Å². The van der Waals surface area contributed by atoms with Crippen LogP contribution in [0.15, 0.2) is 23.7 Å². The number of rotatable bonds is 3. The molecule has 0 bridgehead atoms. The number of aromatic carboxylic acids is 1. The van der Waals surface area contributed by atoms with Crippen molar-refractivity contribution in [3.63, 3.8) is 0 Å². The summed E-state index contributed by atoms with van der Waals surface area (Å²) in [5.41, 5.74) is 0.934. The molecule has 1 saturated carbocycles. The van der Waals surface area contributed by atoms with Gasteiger partial charge in [-0.3, -0.25) is 0 Å². The van der Waals surface area contributed by atoms with E-state index in [-0.39, 0.29) is 5.56 Å². The number of hydrogen-bond acceptors (Lipinski definition) is 4. The first-order chi connectivity index (χ1) is 8.25. The molecule has 0 radical (unpaired) electrons. The number of aromatic nitrogens is 2. The Bertz CT molecular complexity index is 562. The lowest BCUT2D eigenvalue weighted by atomic mass is 10.1. The normalized spacial score (nSPS) is 14.8. The van der Waals surface area contributed by atoms with Crippen molar-refractivity contribution in [3.8, 4) is 10.7 Å². The van der Waals surface area contributed by atoms with E-state index in [4.69, 9.17) is 5.11 Å². The van der Waals surface area contributed by atoms with Gasteiger partial charge in [-0.05, 0) is 24.3 Å². The molecule has 3 rings (SSSR count). The largest absolute Gasteiger partial charge is 0.478 e. The summed E-state index contributed by atoms with van der Waals surface area (Å²) >= 11 is 1.56. The van der Waals surface area contributed by atoms with Crippen molar-refractivity contribution < 1.29 is 9.90 Å². The average Bonchev–Trinajstić information content (AvgIpc) is 3.03. The van der Waals surface area contributed by atoms with Crippen LogP contribution in [0.3, 0.4) is 0 Å². The Morgan fingerprint density at radius 2 is 2.29 bits per heavy atom. The Kier molecular flexibility index (Phi) is 2.40. The summed E-state index contributed by atoms with van der Waals surface area (Å²) in [6.07, 6.45) is 3.49. The predicted molar refractivity (Wildman–Crippen MR) is 64.3 cm³/mol. The molecule has 2 aromatic rings. The van der Waals surface area contributed by atoms with Gasteiger partial charge in [0.15, 0.2) is 5.82 Å². The van der Waals surface area contributed by atoms with Crippen LogP contribution >= 0.6 is 11.3 Å². The first-order valence-electron chi connectivity index (χ1n) is 5.40. The van der Waals surface area contributed by atoms with Crippen LogP contribution in [0.25, 0.3) is 10.7 Å². The van der Waals surface area contributed by atoms with Crippen molar-refractivity contribution in [1.29, 1.82) is 0 Å². The lowest BCUT2D eigenvalue weighted by molar-refractivity contribution is 0.0694. The van der Waals surface area contributed by atoms with Gasteiger partial charge in [-0.25, -0.2) is 14.8 Å². The van der Waals surface area contributed by atoms with Crippen molar-refractivity contribution >= 4 is 17.3 Å². The Morgan fingerprint density at radius 1 is 1.47 bits per heavy atom. The highest BCUT2D eigenvalue weighted by Crippen LogP contribution is 2.41. The Labute approximate surface area is 102 Å². The molecular formula is C12H10N2O2S. The predicted octanol–water partition coefficient (Wildman–Crippen LogP) is 2.78. The van der Waals surface area contributed by atoms with Gasteiger partial charge in [0.2, 0.25) is 0 Å². The molecule has 2 aromatic heterocycles. The SMILES string of the molecule is O=C(O)c1cnc(-c2cccs2)nc1C1CC1. The van der Waals surface area contributed by atoms with Crippen molar-refractivity contribution in [2.24, 2.45) is 0 Å². The van der Waals surface area contributed by atoms with Crippen LogP contribution in [-0.2, 0) is 0 Å². The second kappa shape index (κ2) is 3.92. The zero-order valence-corrected chi connectivity index (χ0v) is 9.78. The number of hydrogen-bond donors (Lipinski definition) is 1. The minimum absolute atomic E-state index is 0.243. The molecule has 0 amide bonds. The summed E-state index contributed by atoms with van der Waals surface area (Å²) < 4.78 is 0. The standard InChI is InChI=1S/C12H10N2O2S/c15-12(16)8-6-13-11(9-2-1-5-17-9)14-10(8)7-3-4-7/h1-2,5-7H,3-4H2,(H,15,16). The second-order valence-electron chi connectivity index (χ2n) is 4.05. The van der Waals surface area contributed by atoms with E-state index < -0.39 is 5.97 Å². The van der Waals surface area contributed by atoms with Gasteiger partial charge in [0.25, 0.3) is 0 Å². The molecule has 0 atom stereocenters. The summed E-state index contributed by atoms with van der Waals surface area (Å²) in [6.45, 7) is 0. The van der Waals surface area contributed by atoms with Crippen molar-refractivity contribution in [3.05, 3.63) is 35.0 Å². The van der Waals surface area contributed by atoms with E-state index in [1.807, 2.05) is 17.5 Å². The van der Waals surface area contributed by atoms with E-state index in [1.165, 1.54) is 6.20 Å². The number of nitrogens with zero attached hydrogens (tertiary/aromatic N) is 2. The lowest BCUT2D eigenvalue weighted by Crippen LogP contribution is -2.06. The monoisotopic (exact) mass is 246 g/mol. The molecule has 1 N–H and O–H groups in total. The first-order valence-corrected chi connectivity index (χ1v) is 6.28. The van der Waals surface area contributed by atoms with E-state index in [9.17, 15) is 4.79 Å². The number of carbonyl (C=O) groups is 1. The van der Waals surface area contributed by atoms with Crippen molar-refractivity contribution in [1.82, 2.24) is 9.97 Å². The minimum Gasteiger partial charge on any atom is -0.478 e. The summed E-state index contributed by atoms with van der Waals surface area (Å²) in [5.74, 6) is -0.000609. The van der Waals surface area contributed by atoms with E-state index >= 15 is 0 Å². The molecule has 2 heterocycles. The van der Waals surface area contributed by atoms with Crippen LogP contribution in [0.5, 0.6) is 0 Å². The Morgan fingerprint density at radius 3 is 2.88 bits per heavy atom. The summed E-state index contributed by atoms with van der Waals surface area (Å²) in [4.78, 5) is 20.6. The van der Waals surface area contributed by atoms with Gasteiger partial charge >= 0.3 is 5.97 Å². The molecule has 4 nitrogen and oxygen atoms in total. The first kappa shape index (κ1) is 10.4. The molecule has 0 saturated heterocycles. The highest BCUT2D eigenvalue weighted by molar-refractivity contribution is 7.13. The van der Waals surface area contributed by atoms with E-state index in [0.717, 1.165) is 17.7 Å². The zero-order chi connectivity index (χ0) is 11.8. The number of carboxylic acids is 1. The van der Waals surface area contributed by atoms with E-state index in [1.54, 1.807) is 11.3 Å². The highest BCUT2D eigenvalue weighted by atomic mass is 32.1. The molecule has 1 aliphatic carbocycles. The topological polar surface area (TPSA) is 63.1 Å². The number of carboxylic acid groups (broad SMARTS) is 1. The van der Waals surface area contributed by atoms with Gasteiger partial charge in [-0.2, -0.15) is 0 Å². The van der Waals surface area contributed by atoms with Crippen LogP contribution in [0.4, 0.5) is 0 Å². The van der Waals surface area contributed by atoms with E-state index in [0.29, 0.717) is 17.4 Å². The van der Waals surface area contributed by atoms with Crippen LogP contribution in [0, 0.1) is 0 Å².